The Morgan fingerprint density at radius 1 is 1.15 bits per heavy atom. The van der Waals surface area contributed by atoms with E-state index in [-0.39, 0.29) is 22.7 Å². The first-order valence-corrected chi connectivity index (χ1v) is 11.2. The summed E-state index contributed by atoms with van der Waals surface area (Å²) in [4.78, 5) is 26.3. The van der Waals surface area contributed by atoms with Crippen LogP contribution in [0.3, 0.4) is 0 Å². The highest BCUT2D eigenvalue weighted by atomic mass is 16.5. The van der Waals surface area contributed by atoms with Crippen LogP contribution in [-0.2, 0) is 26.4 Å². The molecule has 3 aromatic rings. The number of nitrogens with zero attached hydrogens (tertiary/aromatic N) is 5. The maximum Gasteiger partial charge on any atom is 0.278 e. The van der Waals surface area contributed by atoms with E-state index in [1.165, 1.54) is 6.20 Å². The third-order valence-corrected chi connectivity index (χ3v) is 6.57. The Hall–Kier alpha value is -3.43. The van der Waals surface area contributed by atoms with Gasteiger partial charge >= 0.3 is 0 Å². The normalized spacial score (nSPS) is 15.9. The second-order valence-corrected chi connectivity index (χ2v) is 9.64. The van der Waals surface area contributed by atoms with Crippen molar-refractivity contribution in [2.75, 3.05) is 10.6 Å². The topological polar surface area (TPSA) is 120 Å². The lowest BCUT2D eigenvalue weighted by molar-refractivity contribution is 0.101. The summed E-state index contributed by atoms with van der Waals surface area (Å²) in [5, 5.41) is 18.2. The van der Waals surface area contributed by atoms with Gasteiger partial charge in [-0.1, -0.05) is 25.9 Å². The van der Waals surface area contributed by atoms with Crippen molar-refractivity contribution in [1.29, 1.82) is 0 Å². The van der Waals surface area contributed by atoms with Crippen LogP contribution in [0, 0.1) is 18.3 Å². The van der Waals surface area contributed by atoms with Gasteiger partial charge in [0.15, 0.2) is 5.69 Å². The Kier molecular flexibility index (Phi) is 5.85. The second kappa shape index (κ2) is 8.49. The Morgan fingerprint density at radius 3 is 2.48 bits per heavy atom. The van der Waals surface area contributed by atoms with Gasteiger partial charge < -0.3 is 15.2 Å². The highest BCUT2D eigenvalue weighted by molar-refractivity contribution is 6.11. The van der Waals surface area contributed by atoms with Crippen molar-refractivity contribution in [3.8, 4) is 0 Å². The largest absolute Gasteiger partial charge is 0.360 e. The third kappa shape index (κ3) is 4.29. The van der Waals surface area contributed by atoms with Gasteiger partial charge in [-0.2, -0.15) is 10.2 Å². The zero-order valence-corrected chi connectivity index (χ0v) is 20.0. The summed E-state index contributed by atoms with van der Waals surface area (Å²) in [7, 11) is 1.80. The number of nitrogens with one attached hydrogen (secondary N) is 2. The fourth-order valence-electron chi connectivity index (χ4n) is 4.26. The predicted molar refractivity (Wildman–Crippen MR) is 123 cm³/mol. The fourth-order valence-corrected chi connectivity index (χ4v) is 4.26. The highest BCUT2D eigenvalue weighted by Crippen LogP contribution is 2.38. The van der Waals surface area contributed by atoms with Crippen molar-refractivity contribution in [3.05, 3.63) is 40.8 Å². The molecule has 0 radical (unpaired) electrons. The molecule has 1 aliphatic carbocycles. The Labute approximate surface area is 192 Å². The lowest BCUT2D eigenvalue weighted by Crippen LogP contribution is -2.28. The maximum atomic E-state index is 13.2. The second-order valence-electron chi connectivity index (χ2n) is 9.64. The molecule has 10 heteroatoms. The van der Waals surface area contributed by atoms with E-state index >= 15 is 0 Å². The smallest absolute Gasteiger partial charge is 0.278 e. The molecule has 0 spiro atoms. The standard InChI is InChI=1S/C23H31N7O3/c1-7-30-20(22(32)26-16-11-24-29(6)13(16)2)17(12-25-30)27-21(31)19-15-10-14(23(3,4)5)8-9-18(15)33-28-19/h11-12,14H,7-10H2,1-6H3,(H,26,32)(H,27,31). The van der Waals surface area contributed by atoms with E-state index in [4.69, 9.17) is 4.52 Å². The van der Waals surface area contributed by atoms with Crippen LogP contribution >= 0.6 is 0 Å². The summed E-state index contributed by atoms with van der Waals surface area (Å²) in [6.45, 7) is 10.8. The van der Waals surface area contributed by atoms with Crippen LogP contribution in [0.15, 0.2) is 16.9 Å². The average molecular weight is 454 g/mol. The molecule has 2 amide bonds. The zero-order valence-electron chi connectivity index (χ0n) is 20.0. The molecule has 1 aliphatic rings. The molecular formula is C23H31N7O3. The number of aryl methyl sites for hydroxylation is 3. The van der Waals surface area contributed by atoms with Gasteiger partial charge in [0.2, 0.25) is 0 Å². The molecule has 176 valence electrons. The van der Waals surface area contributed by atoms with Crippen LogP contribution in [0.2, 0.25) is 0 Å². The molecule has 3 aromatic heterocycles. The zero-order chi connectivity index (χ0) is 23.9. The van der Waals surface area contributed by atoms with E-state index in [1.807, 2.05) is 13.8 Å². The van der Waals surface area contributed by atoms with Crippen molar-refractivity contribution in [2.45, 2.75) is 60.4 Å². The van der Waals surface area contributed by atoms with Gasteiger partial charge in [0, 0.05) is 25.6 Å². The van der Waals surface area contributed by atoms with Crippen LogP contribution < -0.4 is 10.6 Å². The quantitative estimate of drug-likeness (QED) is 0.609. The lowest BCUT2D eigenvalue weighted by atomic mass is 9.71. The van der Waals surface area contributed by atoms with E-state index < -0.39 is 5.91 Å². The van der Waals surface area contributed by atoms with Crippen LogP contribution in [0.4, 0.5) is 11.4 Å². The van der Waals surface area contributed by atoms with Crippen molar-refractivity contribution in [2.24, 2.45) is 18.4 Å². The number of carbonyl (C=O) groups is 2. The first-order chi connectivity index (χ1) is 15.6. The minimum Gasteiger partial charge on any atom is -0.360 e. The molecule has 0 bridgehead atoms. The molecule has 0 saturated heterocycles. The minimum absolute atomic E-state index is 0.126. The van der Waals surface area contributed by atoms with Gasteiger partial charge in [-0.25, -0.2) is 0 Å². The SMILES string of the molecule is CCn1ncc(NC(=O)c2noc3c2CC(C(C)(C)C)CC3)c1C(=O)Nc1cnn(C)c1C. The summed E-state index contributed by atoms with van der Waals surface area (Å²) in [5.41, 5.74) is 3.26. The molecule has 0 aliphatic heterocycles. The summed E-state index contributed by atoms with van der Waals surface area (Å²) < 4.78 is 8.71. The number of carbonyl (C=O) groups excluding carboxylic acids is 2. The molecule has 0 saturated carbocycles. The van der Waals surface area contributed by atoms with E-state index in [9.17, 15) is 9.59 Å². The molecule has 0 aromatic carbocycles. The van der Waals surface area contributed by atoms with Gasteiger partial charge in [0.1, 0.15) is 11.5 Å². The van der Waals surface area contributed by atoms with Gasteiger partial charge in [0.25, 0.3) is 11.8 Å². The molecule has 10 nitrogen and oxygen atoms in total. The summed E-state index contributed by atoms with van der Waals surface area (Å²) in [6, 6.07) is 0. The first kappa shape index (κ1) is 22.8. The number of rotatable bonds is 5. The number of anilines is 2. The Morgan fingerprint density at radius 2 is 1.85 bits per heavy atom. The summed E-state index contributed by atoms with van der Waals surface area (Å²) >= 11 is 0. The monoisotopic (exact) mass is 453 g/mol. The first-order valence-electron chi connectivity index (χ1n) is 11.2. The van der Waals surface area contributed by atoms with E-state index in [0.29, 0.717) is 23.8 Å². The van der Waals surface area contributed by atoms with E-state index in [2.05, 4.69) is 46.8 Å². The number of fused-ring (bicyclic) bond motifs is 1. The van der Waals surface area contributed by atoms with Gasteiger partial charge in [-0.05, 0) is 38.0 Å². The minimum atomic E-state index is -0.406. The maximum absolute atomic E-state index is 13.2. The van der Waals surface area contributed by atoms with Crippen LogP contribution in [-0.4, -0.2) is 36.5 Å². The van der Waals surface area contributed by atoms with Crippen LogP contribution in [0.1, 0.15) is 72.1 Å². The molecule has 33 heavy (non-hydrogen) atoms. The highest BCUT2D eigenvalue weighted by Gasteiger charge is 2.34. The van der Waals surface area contributed by atoms with E-state index in [1.54, 1.807) is 22.6 Å². The van der Waals surface area contributed by atoms with Crippen LogP contribution in [0.5, 0.6) is 0 Å². The number of aromatic nitrogens is 5. The van der Waals surface area contributed by atoms with Crippen molar-refractivity contribution in [1.82, 2.24) is 24.7 Å². The molecular weight excluding hydrogens is 422 g/mol. The predicted octanol–water partition coefficient (Wildman–Crippen LogP) is 3.59. The van der Waals surface area contributed by atoms with E-state index in [0.717, 1.165) is 36.3 Å². The number of amides is 2. The number of hydrogen-bond acceptors (Lipinski definition) is 6. The fraction of sp³-hybridized carbons (Fsp3) is 0.522. The molecule has 2 N–H and O–H groups in total. The molecule has 1 unspecified atom stereocenters. The van der Waals surface area contributed by atoms with Gasteiger partial charge in [-0.15, -0.1) is 0 Å². The van der Waals surface area contributed by atoms with Crippen LogP contribution in [0.25, 0.3) is 0 Å². The average Bonchev–Trinajstić information content (AvgIpc) is 3.45. The van der Waals surface area contributed by atoms with Gasteiger partial charge in [0.05, 0.1) is 29.5 Å². The Balaban J connectivity index is 1.58. The van der Waals surface area contributed by atoms with Crippen molar-refractivity contribution in [3.63, 3.8) is 0 Å². The van der Waals surface area contributed by atoms with Gasteiger partial charge in [-0.3, -0.25) is 19.0 Å². The molecule has 3 heterocycles. The molecule has 0 fully saturated rings. The Bertz CT molecular complexity index is 1200. The summed E-state index contributed by atoms with van der Waals surface area (Å²) in [5.74, 6) is 0.422. The summed E-state index contributed by atoms with van der Waals surface area (Å²) in [6.07, 6.45) is 5.59. The molecule has 1 atom stereocenters. The van der Waals surface area contributed by atoms with Crippen molar-refractivity contribution < 1.29 is 14.1 Å². The third-order valence-electron chi connectivity index (χ3n) is 6.57. The number of hydrogen-bond donors (Lipinski definition) is 2. The molecule has 4 rings (SSSR count). The van der Waals surface area contributed by atoms with Crippen molar-refractivity contribution >= 4 is 23.2 Å². The lowest BCUT2D eigenvalue weighted by Gasteiger charge is -2.33.